The van der Waals surface area contributed by atoms with Crippen molar-refractivity contribution in [2.75, 3.05) is 5.32 Å². The Kier molecular flexibility index (Phi) is 3.00. The topological polar surface area (TPSA) is 101 Å². The summed E-state index contributed by atoms with van der Waals surface area (Å²) in [7, 11) is 0. The summed E-state index contributed by atoms with van der Waals surface area (Å²) in [5.74, 6) is -1.39. The summed E-state index contributed by atoms with van der Waals surface area (Å²) in [5, 5.41) is 12.9. The number of hydrogen-bond donors (Lipinski definition) is 2. The molecule has 2 aromatic rings. The van der Waals surface area contributed by atoms with Crippen LogP contribution >= 0.6 is 0 Å². The maximum absolute atomic E-state index is 13.0. The van der Waals surface area contributed by atoms with Crippen LogP contribution in [0.3, 0.4) is 0 Å². The van der Waals surface area contributed by atoms with Crippen LogP contribution in [0.25, 0.3) is 0 Å². The fraction of sp³-hybridized carbons (Fsp3) is 0. The lowest BCUT2D eigenvalue weighted by molar-refractivity contribution is -0.384. The first-order valence-electron chi connectivity index (χ1n) is 4.82. The van der Waals surface area contributed by atoms with Gasteiger partial charge in [0.1, 0.15) is 11.5 Å². The quantitative estimate of drug-likeness (QED) is 0.639. The van der Waals surface area contributed by atoms with E-state index in [2.05, 4.69) is 15.3 Å². The van der Waals surface area contributed by atoms with E-state index in [1.165, 1.54) is 12.4 Å². The van der Waals surface area contributed by atoms with Gasteiger partial charge in [0, 0.05) is 24.5 Å². The highest BCUT2D eigenvalue weighted by Gasteiger charge is 2.18. The number of nitro benzene ring substituents is 1. The molecule has 1 amide bonds. The first-order chi connectivity index (χ1) is 8.58. The van der Waals surface area contributed by atoms with Crippen LogP contribution in [-0.4, -0.2) is 20.8 Å². The number of aromatic nitrogens is 2. The molecule has 2 rings (SSSR count). The minimum atomic E-state index is -0.711. The SMILES string of the molecule is O=C(Nc1cc(F)ccc1[N+](=O)[O-])c1ncc[nH]1. The molecule has 1 heterocycles. The number of imidazole rings is 1. The minimum Gasteiger partial charge on any atom is -0.341 e. The van der Waals surface area contributed by atoms with E-state index in [4.69, 9.17) is 0 Å². The molecule has 7 nitrogen and oxygen atoms in total. The molecule has 92 valence electrons. The fourth-order valence-electron chi connectivity index (χ4n) is 1.34. The number of hydrogen-bond acceptors (Lipinski definition) is 4. The molecular formula is C10H7FN4O3. The molecule has 0 aliphatic carbocycles. The maximum atomic E-state index is 13.0. The van der Waals surface area contributed by atoms with Gasteiger partial charge in [-0.1, -0.05) is 0 Å². The summed E-state index contributed by atoms with van der Waals surface area (Å²) in [6.07, 6.45) is 2.78. The molecule has 0 atom stereocenters. The largest absolute Gasteiger partial charge is 0.341 e. The second-order valence-corrected chi connectivity index (χ2v) is 3.31. The molecule has 18 heavy (non-hydrogen) atoms. The van der Waals surface area contributed by atoms with Crippen molar-refractivity contribution in [3.63, 3.8) is 0 Å². The Morgan fingerprint density at radius 2 is 2.28 bits per heavy atom. The Morgan fingerprint density at radius 1 is 1.50 bits per heavy atom. The molecular weight excluding hydrogens is 243 g/mol. The van der Waals surface area contributed by atoms with Crippen LogP contribution in [0, 0.1) is 15.9 Å². The van der Waals surface area contributed by atoms with Crippen molar-refractivity contribution < 1.29 is 14.1 Å². The predicted octanol–water partition coefficient (Wildman–Crippen LogP) is 1.71. The first kappa shape index (κ1) is 11.7. The van der Waals surface area contributed by atoms with Gasteiger partial charge in [-0.25, -0.2) is 9.37 Å². The molecule has 0 aliphatic rings. The van der Waals surface area contributed by atoms with E-state index >= 15 is 0 Å². The van der Waals surface area contributed by atoms with Crippen LogP contribution in [0.15, 0.2) is 30.6 Å². The average Bonchev–Trinajstić information content (AvgIpc) is 2.81. The first-order valence-corrected chi connectivity index (χ1v) is 4.82. The van der Waals surface area contributed by atoms with Gasteiger partial charge in [0.15, 0.2) is 5.82 Å². The number of benzene rings is 1. The second-order valence-electron chi connectivity index (χ2n) is 3.31. The van der Waals surface area contributed by atoms with E-state index in [0.717, 1.165) is 18.2 Å². The summed E-state index contributed by atoms with van der Waals surface area (Å²) >= 11 is 0. The van der Waals surface area contributed by atoms with Crippen molar-refractivity contribution in [1.82, 2.24) is 9.97 Å². The fourth-order valence-corrected chi connectivity index (χ4v) is 1.34. The molecule has 8 heteroatoms. The summed E-state index contributed by atoms with van der Waals surface area (Å²) in [6.45, 7) is 0. The van der Waals surface area contributed by atoms with Crippen molar-refractivity contribution in [2.24, 2.45) is 0 Å². The molecule has 1 aromatic carbocycles. The summed E-state index contributed by atoms with van der Waals surface area (Å²) in [4.78, 5) is 27.8. The number of anilines is 1. The van der Waals surface area contributed by atoms with E-state index < -0.39 is 22.3 Å². The molecule has 0 fully saturated rings. The number of rotatable bonds is 3. The van der Waals surface area contributed by atoms with Gasteiger partial charge in [-0.05, 0) is 6.07 Å². The zero-order valence-electron chi connectivity index (χ0n) is 8.88. The molecule has 0 spiro atoms. The van der Waals surface area contributed by atoms with Crippen LogP contribution in [0.5, 0.6) is 0 Å². The molecule has 0 saturated carbocycles. The summed E-state index contributed by atoms with van der Waals surface area (Å²) in [6, 6.07) is 2.80. The number of nitrogens with zero attached hydrogens (tertiary/aromatic N) is 2. The number of halogens is 1. The number of carbonyl (C=O) groups is 1. The summed E-state index contributed by atoms with van der Waals surface area (Å²) in [5.41, 5.74) is -0.613. The normalized spacial score (nSPS) is 10.1. The molecule has 0 bridgehead atoms. The number of H-pyrrole nitrogens is 1. The van der Waals surface area contributed by atoms with Crippen LogP contribution in [0.4, 0.5) is 15.8 Å². The molecule has 0 radical (unpaired) electrons. The number of aromatic amines is 1. The number of carbonyl (C=O) groups excluding carboxylic acids is 1. The van der Waals surface area contributed by atoms with Crippen LogP contribution < -0.4 is 5.32 Å². The van der Waals surface area contributed by atoms with Crippen molar-refractivity contribution in [3.8, 4) is 0 Å². The molecule has 2 N–H and O–H groups in total. The van der Waals surface area contributed by atoms with Crippen molar-refractivity contribution in [1.29, 1.82) is 0 Å². The Hall–Kier alpha value is -2.77. The zero-order chi connectivity index (χ0) is 13.1. The molecule has 0 unspecified atom stereocenters. The van der Waals surface area contributed by atoms with Gasteiger partial charge >= 0.3 is 0 Å². The molecule has 1 aromatic heterocycles. The molecule has 0 aliphatic heterocycles. The third kappa shape index (κ3) is 2.32. The van der Waals surface area contributed by atoms with E-state index in [9.17, 15) is 19.3 Å². The standard InChI is InChI=1S/C10H7FN4O3/c11-6-1-2-8(15(17)18)7(5-6)14-10(16)9-12-3-4-13-9/h1-5H,(H,12,13)(H,14,16). The third-order valence-electron chi connectivity index (χ3n) is 2.12. The zero-order valence-corrected chi connectivity index (χ0v) is 8.88. The van der Waals surface area contributed by atoms with Crippen molar-refractivity contribution in [3.05, 3.63) is 52.3 Å². The van der Waals surface area contributed by atoms with Gasteiger partial charge in [-0.15, -0.1) is 0 Å². The van der Waals surface area contributed by atoms with Gasteiger partial charge in [-0.2, -0.15) is 0 Å². The van der Waals surface area contributed by atoms with Crippen molar-refractivity contribution >= 4 is 17.3 Å². The number of nitrogens with one attached hydrogen (secondary N) is 2. The minimum absolute atomic E-state index is 0.0199. The number of nitro groups is 1. The van der Waals surface area contributed by atoms with Crippen LogP contribution in [0.1, 0.15) is 10.6 Å². The Labute approximate surface area is 99.8 Å². The van der Waals surface area contributed by atoms with Crippen LogP contribution in [0.2, 0.25) is 0 Å². The van der Waals surface area contributed by atoms with E-state index in [-0.39, 0.29) is 11.5 Å². The van der Waals surface area contributed by atoms with E-state index in [1.54, 1.807) is 0 Å². The maximum Gasteiger partial charge on any atom is 0.292 e. The lowest BCUT2D eigenvalue weighted by Gasteiger charge is -2.04. The Morgan fingerprint density at radius 3 is 2.89 bits per heavy atom. The second kappa shape index (κ2) is 4.62. The van der Waals surface area contributed by atoms with Gasteiger partial charge in [0.25, 0.3) is 11.6 Å². The van der Waals surface area contributed by atoms with Gasteiger partial charge in [0.2, 0.25) is 0 Å². The molecule has 0 saturated heterocycles. The Bertz CT molecular complexity index is 597. The highest BCUT2D eigenvalue weighted by Crippen LogP contribution is 2.25. The monoisotopic (exact) mass is 250 g/mol. The Balaban J connectivity index is 2.31. The lowest BCUT2D eigenvalue weighted by atomic mass is 10.2. The van der Waals surface area contributed by atoms with E-state index in [0.29, 0.717) is 0 Å². The van der Waals surface area contributed by atoms with Crippen LogP contribution in [-0.2, 0) is 0 Å². The van der Waals surface area contributed by atoms with Crippen molar-refractivity contribution in [2.45, 2.75) is 0 Å². The van der Waals surface area contributed by atoms with E-state index in [1.807, 2.05) is 0 Å². The predicted molar refractivity (Wildman–Crippen MR) is 59.6 cm³/mol. The highest BCUT2D eigenvalue weighted by molar-refractivity contribution is 6.02. The van der Waals surface area contributed by atoms with Gasteiger partial charge in [-0.3, -0.25) is 14.9 Å². The third-order valence-corrected chi connectivity index (χ3v) is 2.12. The average molecular weight is 250 g/mol. The lowest BCUT2D eigenvalue weighted by Crippen LogP contribution is -2.14. The van der Waals surface area contributed by atoms with Gasteiger partial charge < -0.3 is 10.3 Å². The highest BCUT2D eigenvalue weighted by atomic mass is 19.1. The van der Waals surface area contributed by atoms with Gasteiger partial charge in [0.05, 0.1) is 4.92 Å². The number of amides is 1. The smallest absolute Gasteiger partial charge is 0.292 e. The summed E-state index contributed by atoms with van der Waals surface area (Å²) < 4.78 is 13.0.